The summed E-state index contributed by atoms with van der Waals surface area (Å²) >= 11 is 0. The van der Waals surface area contributed by atoms with Gasteiger partial charge in [-0.05, 0) is 104 Å². The molecule has 2 bridgehead atoms. The number of hydrogen-bond acceptors (Lipinski definition) is 7. The van der Waals surface area contributed by atoms with E-state index in [0.29, 0.717) is 48.4 Å². The molecule has 2 unspecified atom stereocenters. The molecule has 4 fully saturated rings. The fraction of sp³-hybridized carbons (Fsp3) is 0.659. The van der Waals surface area contributed by atoms with Crippen LogP contribution in [0.1, 0.15) is 95.5 Å². The number of amides is 1. The predicted molar refractivity (Wildman–Crippen MR) is 204 cm³/mol. The van der Waals surface area contributed by atoms with Crippen LogP contribution in [-0.4, -0.2) is 74.2 Å². The quantitative estimate of drug-likeness (QED) is 0.167. The maximum absolute atomic E-state index is 13.7. The number of rotatable bonds is 13. The van der Waals surface area contributed by atoms with Crippen LogP contribution in [0.3, 0.4) is 0 Å². The molecule has 13 heteroatoms. The van der Waals surface area contributed by atoms with Gasteiger partial charge in [-0.2, -0.15) is 17.5 Å². The first-order valence-electron chi connectivity index (χ1n) is 19.1. The number of nitrogens with one attached hydrogen (secondary N) is 2. The third-order valence-corrected chi connectivity index (χ3v) is 13.9. The highest BCUT2D eigenvalue weighted by Crippen LogP contribution is 2.61. The number of alkyl halides is 3. The highest BCUT2D eigenvalue weighted by Gasteiger charge is 2.57. The topological polar surface area (TPSA) is 108 Å². The van der Waals surface area contributed by atoms with Gasteiger partial charge in [0.05, 0.1) is 5.75 Å². The minimum atomic E-state index is -5.16. The number of sulfonamides is 1. The molecule has 0 aromatic heterocycles. The molecule has 1 aliphatic heterocycles. The van der Waals surface area contributed by atoms with Crippen molar-refractivity contribution in [1.82, 2.24) is 19.8 Å². The molecule has 7 atom stereocenters. The van der Waals surface area contributed by atoms with Crippen LogP contribution < -0.4 is 15.4 Å². The Balaban J connectivity index is 1.37. The van der Waals surface area contributed by atoms with Crippen molar-refractivity contribution in [3.8, 4) is 5.75 Å². The molecular weight excluding hydrogens is 718 g/mol. The summed E-state index contributed by atoms with van der Waals surface area (Å²) in [5.41, 5.74) is 2.77. The van der Waals surface area contributed by atoms with Gasteiger partial charge in [0.1, 0.15) is 11.8 Å². The molecule has 2 aromatic carbocycles. The number of benzene rings is 2. The molecule has 0 radical (unpaired) electrons. The molecule has 4 aliphatic rings. The van der Waals surface area contributed by atoms with E-state index >= 15 is 0 Å². The van der Waals surface area contributed by atoms with Gasteiger partial charge in [-0.25, -0.2) is 13.2 Å². The lowest BCUT2D eigenvalue weighted by molar-refractivity contribution is -0.189. The van der Waals surface area contributed by atoms with Crippen molar-refractivity contribution in [2.24, 2.45) is 34.5 Å². The van der Waals surface area contributed by atoms with Gasteiger partial charge in [-0.1, -0.05) is 77.9 Å². The van der Waals surface area contributed by atoms with Crippen molar-refractivity contribution in [3.63, 3.8) is 0 Å². The Morgan fingerprint density at radius 3 is 2.35 bits per heavy atom. The largest absolute Gasteiger partial charge is 0.491 e. The second kappa shape index (κ2) is 15.9. The van der Waals surface area contributed by atoms with Gasteiger partial charge in [0.2, 0.25) is 15.9 Å². The zero-order chi connectivity index (χ0) is 40.0. The number of fused-ring (bicyclic) bond motifs is 2. The van der Waals surface area contributed by atoms with Gasteiger partial charge in [-0.3, -0.25) is 4.79 Å². The van der Waals surface area contributed by atoms with Crippen LogP contribution in [0.15, 0.2) is 42.5 Å². The Labute approximate surface area is 319 Å². The number of ether oxygens (including phenoxy) is 1. The summed E-state index contributed by atoms with van der Waals surface area (Å²) in [5, 5.41) is 6.82. The Kier molecular flexibility index (Phi) is 12.4. The smallest absolute Gasteiger partial charge is 0.420 e. The van der Waals surface area contributed by atoms with Gasteiger partial charge in [-0.15, -0.1) is 0 Å². The number of esters is 1. The van der Waals surface area contributed by atoms with Gasteiger partial charge < -0.3 is 20.3 Å². The molecule has 6 rings (SSSR count). The van der Waals surface area contributed by atoms with E-state index < -0.39 is 34.3 Å². The number of halogens is 3. The number of nitrogens with zero attached hydrogens (tertiary/aromatic N) is 2. The monoisotopic (exact) mass is 776 g/mol. The van der Waals surface area contributed by atoms with Crippen molar-refractivity contribution >= 4 is 21.9 Å². The number of hydrogen-bond donors (Lipinski definition) is 2. The average molecular weight is 777 g/mol. The number of carbonyl (C=O) groups is 2. The molecule has 1 amide bonds. The first-order valence-corrected chi connectivity index (χ1v) is 20.7. The van der Waals surface area contributed by atoms with E-state index in [0.717, 1.165) is 17.5 Å². The van der Waals surface area contributed by atoms with Crippen molar-refractivity contribution in [2.45, 2.75) is 112 Å². The first-order chi connectivity index (χ1) is 25.0. The lowest BCUT2D eigenvalue weighted by Crippen LogP contribution is -2.61. The molecule has 2 N–H and O–H groups in total. The van der Waals surface area contributed by atoms with Crippen LogP contribution in [0.2, 0.25) is 0 Å². The zero-order valence-electron chi connectivity index (χ0n) is 33.2. The Morgan fingerprint density at radius 1 is 1.06 bits per heavy atom. The SMILES string of the molecule is Cc1ccc(C(NCc2cccc(CN3C(C(=O)N[C@H]4C[C@H]5C[C@@H]([C@@H]4C)C5(C)C)CCS3(=O)=O)c2)[C@H](CN(C)C)CC(C)(C)C)c(OC(=O)C(F)(F)F)c1. The standard InChI is InChI=1S/C41H59F3N4O5S/c1-25-13-14-31(35(17-25)53-38(50)41(42,43)44)36(29(24-47(8)9)21-39(3,4)5)45-22-27-11-10-12-28(18-27)23-48-34(15-16-54(48,51)52)37(49)46-33-20-30-19-32(26(33)2)40(30,6)7/h10-14,17-18,26,29-30,32-34,36,45H,15-16,19-24H2,1-9H3,(H,46,49)/t26-,29-,30+,32-,33-,34?,36?/m0/s1. The molecule has 1 saturated heterocycles. The Morgan fingerprint density at radius 2 is 1.74 bits per heavy atom. The predicted octanol–water partition coefficient (Wildman–Crippen LogP) is 7.00. The zero-order valence-corrected chi connectivity index (χ0v) is 34.0. The van der Waals surface area contributed by atoms with E-state index in [1.165, 1.54) is 16.8 Å². The molecule has 0 spiro atoms. The van der Waals surface area contributed by atoms with Crippen molar-refractivity contribution in [3.05, 3.63) is 64.7 Å². The third-order valence-electron chi connectivity index (χ3n) is 12.1. The van der Waals surface area contributed by atoms with Crippen LogP contribution in [-0.2, 0) is 32.7 Å². The summed E-state index contributed by atoms with van der Waals surface area (Å²) in [6.45, 7) is 15.8. The van der Waals surface area contributed by atoms with E-state index in [1.807, 2.05) is 43.3 Å². The summed E-state index contributed by atoms with van der Waals surface area (Å²) in [4.78, 5) is 27.8. The summed E-state index contributed by atoms with van der Waals surface area (Å²) < 4.78 is 73.2. The third kappa shape index (κ3) is 9.68. The van der Waals surface area contributed by atoms with Crippen molar-refractivity contribution in [1.29, 1.82) is 0 Å². The van der Waals surface area contributed by atoms with Crippen LogP contribution in [0, 0.1) is 41.4 Å². The van der Waals surface area contributed by atoms with Gasteiger partial charge in [0.25, 0.3) is 0 Å². The summed E-state index contributed by atoms with van der Waals surface area (Å²) in [7, 11) is 0.211. The van der Waals surface area contributed by atoms with Gasteiger partial charge in [0.15, 0.2) is 0 Å². The molecular formula is C41H59F3N4O5S. The fourth-order valence-corrected chi connectivity index (χ4v) is 11.0. The second-order valence-corrected chi connectivity index (χ2v) is 20.2. The van der Waals surface area contributed by atoms with Crippen LogP contribution in [0.4, 0.5) is 13.2 Å². The van der Waals surface area contributed by atoms with E-state index in [1.54, 1.807) is 19.1 Å². The normalized spacial score (nSPS) is 26.2. The number of carbonyl (C=O) groups excluding carboxylic acids is 2. The van der Waals surface area contributed by atoms with E-state index in [-0.39, 0.29) is 53.2 Å². The second-order valence-electron chi connectivity index (χ2n) is 18.1. The summed E-state index contributed by atoms with van der Waals surface area (Å²) in [6.07, 6.45) is -2.13. The summed E-state index contributed by atoms with van der Waals surface area (Å²) in [6, 6.07) is 11.2. The Bertz CT molecular complexity index is 1790. The van der Waals surface area contributed by atoms with E-state index in [4.69, 9.17) is 4.74 Å². The first kappa shape index (κ1) is 42.1. The van der Waals surface area contributed by atoms with Crippen LogP contribution in [0.25, 0.3) is 0 Å². The highest BCUT2D eigenvalue weighted by atomic mass is 32.2. The summed E-state index contributed by atoms with van der Waals surface area (Å²) in [5.74, 6) is -1.44. The van der Waals surface area contributed by atoms with Crippen molar-refractivity contribution < 1.29 is 35.9 Å². The highest BCUT2D eigenvalue weighted by molar-refractivity contribution is 7.89. The minimum absolute atomic E-state index is 0.0300. The molecule has 1 heterocycles. The molecule has 3 aliphatic carbocycles. The van der Waals surface area contributed by atoms with Gasteiger partial charge >= 0.3 is 12.1 Å². The fourth-order valence-electron chi connectivity index (χ4n) is 9.27. The van der Waals surface area contributed by atoms with E-state index in [9.17, 15) is 31.2 Å². The van der Waals surface area contributed by atoms with Gasteiger partial charge in [0, 0.05) is 37.3 Å². The maximum atomic E-state index is 13.7. The number of aryl methyl sites for hydroxylation is 1. The molecule has 2 aromatic rings. The Hall–Kier alpha value is -3.00. The van der Waals surface area contributed by atoms with Crippen molar-refractivity contribution in [2.75, 3.05) is 26.4 Å². The maximum Gasteiger partial charge on any atom is 0.491 e. The van der Waals surface area contributed by atoms with Crippen LogP contribution >= 0.6 is 0 Å². The minimum Gasteiger partial charge on any atom is -0.420 e. The lowest BCUT2D eigenvalue weighted by atomic mass is 9.45. The van der Waals surface area contributed by atoms with E-state index in [2.05, 4.69) is 52.2 Å². The average Bonchev–Trinajstić information content (AvgIpc) is 3.34. The molecule has 54 heavy (non-hydrogen) atoms. The molecule has 300 valence electrons. The molecule has 3 saturated carbocycles. The van der Waals surface area contributed by atoms with Crippen LogP contribution in [0.5, 0.6) is 5.75 Å². The molecule has 9 nitrogen and oxygen atoms in total. The lowest BCUT2D eigenvalue weighted by Gasteiger charge is -2.62.